The molecule has 0 bridgehead atoms. The molecular formula is C16H23NO. The van der Waals surface area contributed by atoms with Crippen LogP contribution < -0.4 is 0 Å². The maximum atomic E-state index is 9.71. The fourth-order valence-corrected chi connectivity index (χ4v) is 4.08. The van der Waals surface area contributed by atoms with Crippen LogP contribution in [-0.2, 0) is 6.54 Å². The topological polar surface area (TPSA) is 23.5 Å². The van der Waals surface area contributed by atoms with Gasteiger partial charge in [0.15, 0.2) is 0 Å². The normalized spacial score (nSPS) is 35.9. The van der Waals surface area contributed by atoms with Crippen LogP contribution in [0, 0.1) is 17.8 Å². The highest BCUT2D eigenvalue weighted by Gasteiger charge is 2.45. The first kappa shape index (κ1) is 12.2. The van der Waals surface area contributed by atoms with Crippen molar-refractivity contribution >= 4 is 0 Å². The van der Waals surface area contributed by atoms with Crippen molar-refractivity contribution < 1.29 is 5.11 Å². The summed E-state index contributed by atoms with van der Waals surface area (Å²) in [5.41, 5.74) is 1.36. The van der Waals surface area contributed by atoms with Crippen molar-refractivity contribution in [3.8, 4) is 0 Å². The van der Waals surface area contributed by atoms with Crippen molar-refractivity contribution in [1.29, 1.82) is 0 Å². The van der Waals surface area contributed by atoms with Gasteiger partial charge in [-0.2, -0.15) is 0 Å². The first-order chi connectivity index (χ1) is 8.78. The number of fused-ring (bicyclic) bond motifs is 1. The monoisotopic (exact) mass is 245 g/mol. The molecule has 2 fully saturated rings. The number of aliphatic hydroxyl groups is 1. The average molecular weight is 245 g/mol. The summed E-state index contributed by atoms with van der Waals surface area (Å²) in [7, 11) is 0. The largest absolute Gasteiger partial charge is 0.395 e. The van der Waals surface area contributed by atoms with Crippen LogP contribution in [0.2, 0.25) is 0 Å². The Labute approximate surface area is 110 Å². The lowest BCUT2D eigenvalue weighted by Gasteiger charge is -2.26. The van der Waals surface area contributed by atoms with Gasteiger partial charge < -0.3 is 5.11 Å². The summed E-state index contributed by atoms with van der Waals surface area (Å²) in [4.78, 5) is 2.50. The summed E-state index contributed by atoms with van der Waals surface area (Å²) in [5, 5.41) is 9.71. The van der Waals surface area contributed by atoms with Crippen LogP contribution in [-0.4, -0.2) is 29.2 Å². The highest BCUT2D eigenvalue weighted by Crippen LogP contribution is 2.45. The van der Waals surface area contributed by atoms with E-state index in [1.165, 1.54) is 24.9 Å². The molecule has 0 aromatic heterocycles. The number of benzene rings is 1. The van der Waals surface area contributed by atoms with Gasteiger partial charge in [-0.05, 0) is 36.2 Å². The standard InChI is InChI=1S/C16H23NO/c1-12-7-14-10-17(16(11-18)15(14)8-12)9-13-5-3-2-4-6-13/h2-6,12,14-16,18H,7-11H2,1H3/t12?,14-,15-,16+/m0/s1. The van der Waals surface area contributed by atoms with E-state index in [9.17, 15) is 5.11 Å². The van der Waals surface area contributed by atoms with Gasteiger partial charge in [-0.25, -0.2) is 0 Å². The number of hydrogen-bond donors (Lipinski definition) is 1. The van der Waals surface area contributed by atoms with E-state index in [-0.39, 0.29) is 0 Å². The third kappa shape index (κ3) is 2.19. The molecule has 1 heterocycles. The second-order valence-electron chi connectivity index (χ2n) is 6.17. The van der Waals surface area contributed by atoms with Crippen LogP contribution in [0.4, 0.5) is 0 Å². The Morgan fingerprint density at radius 3 is 2.72 bits per heavy atom. The number of rotatable bonds is 3. The van der Waals surface area contributed by atoms with Crippen molar-refractivity contribution in [1.82, 2.24) is 4.90 Å². The maximum absolute atomic E-state index is 9.71. The van der Waals surface area contributed by atoms with E-state index in [0.29, 0.717) is 12.6 Å². The molecule has 3 rings (SSSR count). The molecule has 2 heteroatoms. The third-order valence-corrected chi connectivity index (χ3v) is 4.83. The van der Waals surface area contributed by atoms with Crippen LogP contribution in [0.25, 0.3) is 0 Å². The highest BCUT2D eigenvalue weighted by atomic mass is 16.3. The fraction of sp³-hybridized carbons (Fsp3) is 0.625. The molecule has 1 unspecified atom stereocenters. The Morgan fingerprint density at radius 1 is 1.22 bits per heavy atom. The van der Waals surface area contributed by atoms with E-state index in [2.05, 4.69) is 42.2 Å². The van der Waals surface area contributed by atoms with E-state index >= 15 is 0 Å². The first-order valence-corrected chi connectivity index (χ1v) is 7.16. The summed E-state index contributed by atoms with van der Waals surface area (Å²) >= 11 is 0. The summed E-state index contributed by atoms with van der Waals surface area (Å²) in [6, 6.07) is 11.0. The van der Waals surface area contributed by atoms with Gasteiger partial charge in [-0.3, -0.25) is 4.90 Å². The Hall–Kier alpha value is -0.860. The van der Waals surface area contributed by atoms with Crippen molar-refractivity contribution in [2.75, 3.05) is 13.2 Å². The van der Waals surface area contributed by atoms with Gasteiger partial charge in [-0.1, -0.05) is 37.3 Å². The number of hydrogen-bond acceptors (Lipinski definition) is 2. The Kier molecular flexibility index (Phi) is 3.40. The zero-order chi connectivity index (χ0) is 12.5. The summed E-state index contributed by atoms with van der Waals surface area (Å²) < 4.78 is 0. The van der Waals surface area contributed by atoms with Crippen LogP contribution in [0.15, 0.2) is 30.3 Å². The molecule has 0 amide bonds. The number of aliphatic hydroxyl groups excluding tert-OH is 1. The van der Waals surface area contributed by atoms with Gasteiger partial charge in [0.2, 0.25) is 0 Å². The third-order valence-electron chi connectivity index (χ3n) is 4.83. The minimum atomic E-state index is 0.320. The molecule has 2 aliphatic rings. The van der Waals surface area contributed by atoms with Crippen molar-refractivity contribution in [2.45, 2.75) is 32.4 Å². The lowest BCUT2D eigenvalue weighted by molar-refractivity contribution is 0.125. The van der Waals surface area contributed by atoms with Crippen LogP contribution in [0.1, 0.15) is 25.3 Å². The lowest BCUT2D eigenvalue weighted by atomic mass is 9.94. The van der Waals surface area contributed by atoms with E-state index in [1.54, 1.807) is 0 Å². The van der Waals surface area contributed by atoms with Gasteiger partial charge in [0.1, 0.15) is 0 Å². The zero-order valence-corrected chi connectivity index (χ0v) is 11.1. The summed E-state index contributed by atoms with van der Waals surface area (Å²) in [5.74, 6) is 2.41. The van der Waals surface area contributed by atoms with E-state index < -0.39 is 0 Å². The van der Waals surface area contributed by atoms with Crippen molar-refractivity contribution in [2.24, 2.45) is 17.8 Å². The van der Waals surface area contributed by atoms with Crippen molar-refractivity contribution in [3.05, 3.63) is 35.9 Å². The molecule has 4 atom stereocenters. The van der Waals surface area contributed by atoms with E-state index in [1.807, 2.05) is 0 Å². The molecule has 1 saturated heterocycles. The molecule has 1 aliphatic carbocycles. The Bertz CT molecular complexity index is 391. The molecule has 1 N–H and O–H groups in total. The molecule has 2 nitrogen and oxygen atoms in total. The minimum Gasteiger partial charge on any atom is -0.395 e. The van der Waals surface area contributed by atoms with Gasteiger partial charge in [0.05, 0.1) is 6.61 Å². The Morgan fingerprint density at radius 2 is 2.00 bits per heavy atom. The molecule has 98 valence electrons. The molecular weight excluding hydrogens is 222 g/mol. The smallest absolute Gasteiger partial charge is 0.0589 e. The molecule has 0 spiro atoms. The van der Waals surface area contributed by atoms with Gasteiger partial charge >= 0.3 is 0 Å². The molecule has 1 aliphatic heterocycles. The van der Waals surface area contributed by atoms with Crippen LogP contribution in [0.3, 0.4) is 0 Å². The Balaban J connectivity index is 1.71. The molecule has 1 saturated carbocycles. The van der Waals surface area contributed by atoms with Gasteiger partial charge in [-0.15, -0.1) is 0 Å². The molecule has 1 aromatic carbocycles. The number of nitrogens with zero attached hydrogens (tertiary/aromatic N) is 1. The molecule has 1 aromatic rings. The second-order valence-corrected chi connectivity index (χ2v) is 6.17. The molecule has 0 radical (unpaired) electrons. The fourth-order valence-electron chi connectivity index (χ4n) is 4.08. The second kappa shape index (κ2) is 5.02. The average Bonchev–Trinajstić information content (AvgIpc) is 2.85. The molecule has 18 heavy (non-hydrogen) atoms. The summed E-state index contributed by atoms with van der Waals surface area (Å²) in [6.45, 7) is 4.84. The lowest BCUT2D eigenvalue weighted by Crippen LogP contribution is -2.35. The number of likely N-dealkylation sites (tertiary alicyclic amines) is 1. The van der Waals surface area contributed by atoms with E-state index in [4.69, 9.17) is 0 Å². The minimum absolute atomic E-state index is 0.320. The predicted octanol–water partition coefficient (Wildman–Crippen LogP) is 2.53. The van der Waals surface area contributed by atoms with Crippen LogP contribution in [0.5, 0.6) is 0 Å². The quantitative estimate of drug-likeness (QED) is 0.884. The highest BCUT2D eigenvalue weighted by molar-refractivity contribution is 5.15. The van der Waals surface area contributed by atoms with E-state index in [0.717, 1.165) is 24.3 Å². The zero-order valence-electron chi connectivity index (χ0n) is 11.1. The van der Waals surface area contributed by atoms with Crippen LogP contribution >= 0.6 is 0 Å². The SMILES string of the molecule is CC1C[C@H]2CN(Cc3ccccc3)[C@H](CO)[C@H]2C1. The predicted molar refractivity (Wildman–Crippen MR) is 73.1 cm³/mol. The van der Waals surface area contributed by atoms with Crippen molar-refractivity contribution in [3.63, 3.8) is 0 Å². The summed E-state index contributed by atoms with van der Waals surface area (Å²) in [6.07, 6.45) is 2.66. The first-order valence-electron chi connectivity index (χ1n) is 7.16. The van der Waals surface area contributed by atoms with Gasteiger partial charge in [0, 0.05) is 19.1 Å². The maximum Gasteiger partial charge on any atom is 0.0589 e. The van der Waals surface area contributed by atoms with Gasteiger partial charge in [0.25, 0.3) is 0 Å².